The predicted octanol–water partition coefficient (Wildman–Crippen LogP) is 4.59. The van der Waals surface area contributed by atoms with Crippen LogP contribution in [-0.2, 0) is 4.79 Å². The fourth-order valence-corrected chi connectivity index (χ4v) is 5.23. The Morgan fingerprint density at radius 3 is 2.23 bits per heavy atom. The van der Waals surface area contributed by atoms with Crippen molar-refractivity contribution in [3.8, 4) is 0 Å². The molecule has 7 heteroatoms. The summed E-state index contributed by atoms with van der Waals surface area (Å²) in [4.78, 5) is 31.2. The summed E-state index contributed by atoms with van der Waals surface area (Å²) in [6.07, 6.45) is 9.24. The molecule has 0 atom stereocenters. The minimum Gasteiger partial charge on any atom is -0.370 e. The molecule has 0 unspecified atom stereocenters. The van der Waals surface area contributed by atoms with Gasteiger partial charge in [0.1, 0.15) is 0 Å². The Morgan fingerprint density at radius 2 is 1.57 bits per heavy atom. The molecular weight excluding hydrogens is 400 g/mol. The highest BCUT2D eigenvalue weighted by molar-refractivity contribution is 6.33. The summed E-state index contributed by atoms with van der Waals surface area (Å²) < 4.78 is 0. The van der Waals surface area contributed by atoms with Crippen LogP contribution in [0.25, 0.3) is 0 Å². The lowest BCUT2D eigenvalue weighted by atomic mass is 10.0. The molecule has 1 saturated carbocycles. The van der Waals surface area contributed by atoms with E-state index >= 15 is 0 Å². The van der Waals surface area contributed by atoms with Crippen LogP contribution in [0.1, 0.15) is 51.4 Å². The van der Waals surface area contributed by atoms with E-state index in [1.165, 1.54) is 44.9 Å². The molecular formula is C23H33ClN4O2. The first kappa shape index (κ1) is 21.3. The summed E-state index contributed by atoms with van der Waals surface area (Å²) in [6.45, 7) is 4.45. The zero-order chi connectivity index (χ0) is 20.9. The molecule has 4 rings (SSSR count). The molecule has 3 aliphatic rings. The van der Waals surface area contributed by atoms with E-state index in [9.17, 15) is 9.59 Å². The molecule has 30 heavy (non-hydrogen) atoms. The molecule has 3 fully saturated rings. The van der Waals surface area contributed by atoms with Crippen molar-refractivity contribution in [2.75, 3.05) is 49.5 Å². The minimum atomic E-state index is -0.125. The Hall–Kier alpha value is -1.95. The number of piperidine rings is 1. The largest absolute Gasteiger partial charge is 0.370 e. The van der Waals surface area contributed by atoms with Gasteiger partial charge in [-0.2, -0.15) is 0 Å². The summed E-state index contributed by atoms with van der Waals surface area (Å²) in [5.74, 6) is 0.818. The molecule has 2 aliphatic heterocycles. The first-order chi connectivity index (χ1) is 14.6. The first-order valence-electron chi connectivity index (χ1n) is 11.5. The number of anilines is 2. The minimum absolute atomic E-state index is 0.125. The van der Waals surface area contributed by atoms with Crippen molar-refractivity contribution in [2.45, 2.75) is 51.4 Å². The summed E-state index contributed by atoms with van der Waals surface area (Å²) in [7, 11) is 0. The summed E-state index contributed by atoms with van der Waals surface area (Å²) in [5, 5.41) is 3.64. The monoisotopic (exact) mass is 432 g/mol. The van der Waals surface area contributed by atoms with Crippen LogP contribution in [0, 0.1) is 5.92 Å². The fraction of sp³-hybridized carbons (Fsp3) is 0.652. The highest BCUT2D eigenvalue weighted by atomic mass is 35.5. The Morgan fingerprint density at radius 1 is 0.900 bits per heavy atom. The van der Waals surface area contributed by atoms with Crippen molar-refractivity contribution in [1.82, 2.24) is 9.80 Å². The Balaban J connectivity index is 1.26. The number of nitrogens with zero attached hydrogens (tertiary/aromatic N) is 3. The normalized spacial score (nSPS) is 20.5. The van der Waals surface area contributed by atoms with Gasteiger partial charge < -0.3 is 20.0 Å². The van der Waals surface area contributed by atoms with Gasteiger partial charge in [0.25, 0.3) is 0 Å². The van der Waals surface area contributed by atoms with Gasteiger partial charge in [0.05, 0.1) is 10.7 Å². The van der Waals surface area contributed by atoms with Gasteiger partial charge in [0.15, 0.2) is 0 Å². The van der Waals surface area contributed by atoms with Crippen LogP contribution < -0.4 is 10.2 Å². The van der Waals surface area contributed by atoms with Gasteiger partial charge >= 0.3 is 6.03 Å². The van der Waals surface area contributed by atoms with Gasteiger partial charge in [0.2, 0.25) is 5.91 Å². The molecule has 0 bridgehead atoms. The topological polar surface area (TPSA) is 55.9 Å². The number of urea groups is 1. The van der Waals surface area contributed by atoms with Crippen molar-refractivity contribution in [1.29, 1.82) is 0 Å². The summed E-state index contributed by atoms with van der Waals surface area (Å²) in [5.41, 5.74) is 1.76. The van der Waals surface area contributed by atoms with Crippen LogP contribution in [0.2, 0.25) is 5.02 Å². The van der Waals surface area contributed by atoms with E-state index in [1.54, 1.807) is 4.90 Å². The van der Waals surface area contributed by atoms with Crippen LogP contribution in [0.4, 0.5) is 16.2 Å². The molecule has 0 radical (unpaired) electrons. The van der Waals surface area contributed by atoms with Crippen LogP contribution in [0.15, 0.2) is 18.2 Å². The van der Waals surface area contributed by atoms with Crippen molar-refractivity contribution < 1.29 is 9.59 Å². The van der Waals surface area contributed by atoms with Gasteiger partial charge in [-0.3, -0.25) is 4.79 Å². The van der Waals surface area contributed by atoms with E-state index in [0.717, 1.165) is 18.8 Å². The van der Waals surface area contributed by atoms with Crippen molar-refractivity contribution >= 4 is 34.9 Å². The second kappa shape index (κ2) is 9.90. The lowest BCUT2D eigenvalue weighted by Crippen LogP contribution is -2.51. The molecule has 0 aromatic heterocycles. The third-order valence-corrected chi connectivity index (χ3v) is 7.06. The van der Waals surface area contributed by atoms with Crippen molar-refractivity contribution in [2.24, 2.45) is 5.92 Å². The number of halogens is 1. The van der Waals surface area contributed by atoms with E-state index in [-0.39, 0.29) is 11.9 Å². The number of carbonyl (C=O) groups is 2. The van der Waals surface area contributed by atoms with Gasteiger partial charge in [-0.05, 0) is 56.2 Å². The number of hydrogen-bond acceptors (Lipinski definition) is 3. The highest BCUT2D eigenvalue weighted by Gasteiger charge is 2.27. The smallest absolute Gasteiger partial charge is 0.321 e. The standard InChI is InChI=1S/C23H33ClN4O2/c24-20-17-19(8-9-21(20)26-10-4-1-5-11-26)25-23(30)28-14-12-27(13-15-28)22(29)16-18-6-2-3-7-18/h8-9,17-18H,1-7,10-16H2,(H,25,30). The maximum absolute atomic E-state index is 12.7. The van der Waals surface area contributed by atoms with E-state index in [1.807, 2.05) is 23.1 Å². The maximum Gasteiger partial charge on any atom is 0.321 e. The Bertz CT molecular complexity index is 752. The van der Waals surface area contributed by atoms with Gasteiger partial charge in [-0.1, -0.05) is 24.4 Å². The molecule has 1 N–H and O–H groups in total. The second-order valence-electron chi connectivity index (χ2n) is 8.87. The van der Waals surface area contributed by atoms with Crippen LogP contribution >= 0.6 is 11.6 Å². The first-order valence-corrected chi connectivity index (χ1v) is 11.9. The number of hydrogen-bond donors (Lipinski definition) is 1. The average Bonchev–Trinajstić information content (AvgIpc) is 3.27. The molecule has 3 amide bonds. The SMILES string of the molecule is O=C(CC1CCCC1)N1CCN(C(=O)Nc2ccc(N3CCCCC3)c(Cl)c2)CC1. The molecule has 1 aromatic carbocycles. The van der Waals surface area contributed by atoms with E-state index in [0.29, 0.717) is 49.2 Å². The maximum atomic E-state index is 12.7. The van der Waals surface area contributed by atoms with Gasteiger partial charge in [-0.15, -0.1) is 0 Å². The van der Waals surface area contributed by atoms with Gasteiger partial charge in [0, 0.05) is 51.4 Å². The van der Waals surface area contributed by atoms with E-state index in [2.05, 4.69) is 10.2 Å². The molecule has 1 aromatic rings. The number of amides is 3. The molecule has 164 valence electrons. The van der Waals surface area contributed by atoms with E-state index < -0.39 is 0 Å². The number of rotatable bonds is 4. The lowest BCUT2D eigenvalue weighted by Gasteiger charge is -2.35. The number of nitrogens with one attached hydrogen (secondary N) is 1. The highest BCUT2D eigenvalue weighted by Crippen LogP contribution is 2.31. The third-order valence-electron chi connectivity index (χ3n) is 6.75. The zero-order valence-electron chi connectivity index (χ0n) is 17.7. The predicted molar refractivity (Wildman–Crippen MR) is 121 cm³/mol. The fourth-order valence-electron chi connectivity index (χ4n) is 4.93. The lowest BCUT2D eigenvalue weighted by molar-refractivity contribution is -0.133. The molecule has 0 spiro atoms. The molecule has 6 nitrogen and oxygen atoms in total. The van der Waals surface area contributed by atoms with Crippen molar-refractivity contribution in [3.63, 3.8) is 0 Å². The van der Waals surface area contributed by atoms with Crippen LogP contribution in [-0.4, -0.2) is 61.0 Å². The summed E-state index contributed by atoms with van der Waals surface area (Å²) in [6, 6.07) is 5.64. The molecule has 2 saturated heterocycles. The molecule has 2 heterocycles. The van der Waals surface area contributed by atoms with Crippen LogP contribution in [0.3, 0.4) is 0 Å². The number of carbonyl (C=O) groups excluding carboxylic acids is 2. The Kier molecular flexibility index (Phi) is 7.03. The van der Waals surface area contributed by atoms with Gasteiger partial charge in [-0.25, -0.2) is 4.79 Å². The zero-order valence-corrected chi connectivity index (χ0v) is 18.5. The summed E-state index contributed by atoms with van der Waals surface area (Å²) >= 11 is 6.50. The Labute approximate surface area is 184 Å². The average molecular weight is 433 g/mol. The van der Waals surface area contributed by atoms with E-state index in [4.69, 9.17) is 11.6 Å². The number of piperazine rings is 1. The number of benzene rings is 1. The van der Waals surface area contributed by atoms with Crippen LogP contribution in [0.5, 0.6) is 0 Å². The second-order valence-corrected chi connectivity index (χ2v) is 9.27. The molecule has 1 aliphatic carbocycles. The third kappa shape index (κ3) is 5.20. The van der Waals surface area contributed by atoms with Crippen molar-refractivity contribution in [3.05, 3.63) is 23.2 Å². The quantitative estimate of drug-likeness (QED) is 0.757.